The van der Waals surface area contributed by atoms with E-state index in [9.17, 15) is 18.3 Å². The molecule has 1 aliphatic rings. The smallest absolute Gasteiger partial charge is 0.335 e. The van der Waals surface area contributed by atoms with E-state index in [2.05, 4.69) is 4.72 Å². The zero-order valence-corrected chi connectivity index (χ0v) is 12.5. The third-order valence-electron chi connectivity index (χ3n) is 4.06. The molecule has 21 heavy (non-hydrogen) atoms. The van der Waals surface area contributed by atoms with Crippen molar-refractivity contribution in [3.8, 4) is 0 Å². The van der Waals surface area contributed by atoms with Crippen molar-refractivity contribution in [1.82, 2.24) is 4.72 Å². The molecule has 2 unspecified atom stereocenters. The van der Waals surface area contributed by atoms with Gasteiger partial charge in [0.25, 0.3) is 0 Å². The Hall–Kier alpha value is -1.64. The standard InChI is InChI=1S/C13H18N2O5S/c1-13(2)10(6-11(13)16)15-21(19,20)9-4-3-7(12(17)18)5-8(9)14/h3-5,10-11,15-16H,6,14H2,1-2H3,(H,17,18). The lowest BCUT2D eigenvalue weighted by molar-refractivity contribution is -0.0645. The molecule has 1 aliphatic carbocycles. The number of aromatic carboxylic acids is 1. The Labute approximate surface area is 122 Å². The second-order valence-electron chi connectivity index (χ2n) is 5.80. The van der Waals surface area contributed by atoms with E-state index < -0.39 is 33.6 Å². The van der Waals surface area contributed by atoms with Gasteiger partial charge in [0.05, 0.1) is 17.4 Å². The topological polar surface area (TPSA) is 130 Å². The molecule has 0 bridgehead atoms. The van der Waals surface area contributed by atoms with Crippen molar-refractivity contribution in [2.24, 2.45) is 5.41 Å². The van der Waals surface area contributed by atoms with E-state index in [0.717, 1.165) is 6.07 Å². The number of nitrogen functional groups attached to an aromatic ring is 1. The zero-order chi connectivity index (χ0) is 16.0. The number of nitrogens with one attached hydrogen (secondary N) is 1. The Kier molecular flexibility index (Phi) is 3.73. The highest BCUT2D eigenvalue weighted by molar-refractivity contribution is 7.89. The molecule has 1 aromatic rings. The maximum atomic E-state index is 12.3. The van der Waals surface area contributed by atoms with E-state index in [4.69, 9.17) is 10.8 Å². The summed E-state index contributed by atoms with van der Waals surface area (Å²) >= 11 is 0. The molecule has 0 heterocycles. The third kappa shape index (κ3) is 2.74. The minimum absolute atomic E-state index is 0.0779. The van der Waals surface area contributed by atoms with Crippen LogP contribution in [0.5, 0.6) is 0 Å². The fourth-order valence-electron chi connectivity index (χ4n) is 2.28. The summed E-state index contributed by atoms with van der Waals surface area (Å²) in [5.41, 5.74) is 4.89. The number of anilines is 1. The average Bonchev–Trinajstić information content (AvgIpc) is 2.37. The lowest BCUT2D eigenvalue weighted by Gasteiger charge is -2.49. The van der Waals surface area contributed by atoms with Crippen LogP contribution >= 0.6 is 0 Å². The van der Waals surface area contributed by atoms with Gasteiger partial charge in [0.2, 0.25) is 10.0 Å². The molecule has 7 nitrogen and oxygen atoms in total. The maximum Gasteiger partial charge on any atom is 0.335 e. The summed E-state index contributed by atoms with van der Waals surface area (Å²) in [4.78, 5) is 10.7. The molecule has 116 valence electrons. The SMILES string of the molecule is CC1(C)C(O)CC1NS(=O)(=O)c1ccc(C(=O)O)cc1N. The average molecular weight is 314 g/mol. The number of nitrogens with two attached hydrogens (primary N) is 1. The number of carboxylic acids is 1. The van der Waals surface area contributed by atoms with Crippen molar-refractivity contribution in [1.29, 1.82) is 0 Å². The van der Waals surface area contributed by atoms with Crippen LogP contribution in [0.4, 0.5) is 5.69 Å². The molecular formula is C13H18N2O5S. The fourth-order valence-corrected chi connectivity index (χ4v) is 3.80. The lowest BCUT2D eigenvalue weighted by Crippen LogP contribution is -2.61. The van der Waals surface area contributed by atoms with Crippen molar-refractivity contribution in [3.63, 3.8) is 0 Å². The largest absolute Gasteiger partial charge is 0.478 e. The van der Waals surface area contributed by atoms with Crippen LogP contribution in [0.25, 0.3) is 0 Å². The fraction of sp³-hybridized carbons (Fsp3) is 0.462. The van der Waals surface area contributed by atoms with E-state index in [1.54, 1.807) is 13.8 Å². The molecule has 0 saturated heterocycles. The minimum atomic E-state index is -3.87. The summed E-state index contributed by atoms with van der Waals surface area (Å²) < 4.78 is 27.1. The molecule has 0 aromatic heterocycles. The summed E-state index contributed by atoms with van der Waals surface area (Å²) in [7, 11) is -3.87. The summed E-state index contributed by atoms with van der Waals surface area (Å²) in [5, 5.41) is 18.5. The number of rotatable bonds is 4. The van der Waals surface area contributed by atoms with Crippen molar-refractivity contribution in [2.45, 2.75) is 37.3 Å². The van der Waals surface area contributed by atoms with Crippen LogP contribution in [0.1, 0.15) is 30.6 Å². The third-order valence-corrected chi connectivity index (χ3v) is 5.61. The van der Waals surface area contributed by atoms with Crippen molar-refractivity contribution in [3.05, 3.63) is 23.8 Å². The van der Waals surface area contributed by atoms with Gasteiger partial charge >= 0.3 is 5.97 Å². The van der Waals surface area contributed by atoms with E-state index in [0.29, 0.717) is 6.42 Å². The molecule has 0 amide bonds. The molecule has 5 N–H and O–H groups in total. The molecule has 2 atom stereocenters. The Bertz CT molecular complexity index is 684. The van der Waals surface area contributed by atoms with E-state index in [1.807, 2.05) is 0 Å². The molecule has 8 heteroatoms. The number of aliphatic hydroxyl groups excluding tert-OH is 1. The minimum Gasteiger partial charge on any atom is -0.478 e. The van der Waals surface area contributed by atoms with Crippen LogP contribution in [0.15, 0.2) is 23.1 Å². The summed E-state index contributed by atoms with van der Waals surface area (Å²) in [6, 6.07) is 3.07. The van der Waals surface area contributed by atoms with Crippen molar-refractivity contribution in [2.75, 3.05) is 5.73 Å². The number of aliphatic hydroxyl groups is 1. The monoisotopic (exact) mass is 314 g/mol. The molecule has 0 radical (unpaired) electrons. The molecule has 1 saturated carbocycles. The normalized spacial score (nSPS) is 24.3. The molecule has 2 rings (SSSR count). The summed E-state index contributed by atoms with van der Waals surface area (Å²) in [6.07, 6.45) is -0.226. The van der Waals surface area contributed by atoms with Gasteiger partial charge in [0.1, 0.15) is 4.90 Å². The van der Waals surface area contributed by atoms with Gasteiger partial charge in [-0.25, -0.2) is 17.9 Å². The van der Waals surface area contributed by atoms with Gasteiger partial charge < -0.3 is 15.9 Å². The number of hydrogen-bond acceptors (Lipinski definition) is 5. The van der Waals surface area contributed by atoms with Crippen LogP contribution in [0.2, 0.25) is 0 Å². The van der Waals surface area contributed by atoms with Crippen LogP contribution in [0.3, 0.4) is 0 Å². The second kappa shape index (κ2) is 4.97. The summed E-state index contributed by atoms with van der Waals surface area (Å²) in [5.74, 6) is -1.18. The van der Waals surface area contributed by atoms with Gasteiger partial charge in [-0.1, -0.05) is 13.8 Å². The lowest BCUT2D eigenvalue weighted by atomic mass is 9.65. The number of carbonyl (C=O) groups is 1. The highest BCUT2D eigenvalue weighted by atomic mass is 32.2. The Balaban J connectivity index is 2.27. The molecule has 0 aliphatic heterocycles. The van der Waals surface area contributed by atoms with E-state index in [1.165, 1.54) is 12.1 Å². The predicted octanol–water partition coefficient (Wildman–Crippen LogP) is 0.405. The first-order valence-electron chi connectivity index (χ1n) is 6.39. The van der Waals surface area contributed by atoms with E-state index >= 15 is 0 Å². The number of carboxylic acid groups (broad SMARTS) is 1. The number of hydrogen-bond donors (Lipinski definition) is 4. The van der Waals surface area contributed by atoms with Crippen molar-refractivity contribution < 1.29 is 23.4 Å². The van der Waals surface area contributed by atoms with Crippen LogP contribution in [0, 0.1) is 5.41 Å². The van der Waals surface area contributed by atoms with Gasteiger partial charge in [0.15, 0.2) is 0 Å². The highest BCUT2D eigenvalue weighted by Gasteiger charge is 2.49. The van der Waals surface area contributed by atoms with Crippen LogP contribution < -0.4 is 10.5 Å². The Morgan fingerprint density at radius 3 is 2.48 bits per heavy atom. The van der Waals surface area contributed by atoms with Gasteiger partial charge in [0, 0.05) is 11.5 Å². The predicted molar refractivity (Wildman–Crippen MR) is 76.3 cm³/mol. The zero-order valence-electron chi connectivity index (χ0n) is 11.7. The van der Waals surface area contributed by atoms with Crippen LogP contribution in [-0.4, -0.2) is 36.7 Å². The molecule has 0 spiro atoms. The second-order valence-corrected chi connectivity index (χ2v) is 7.49. The van der Waals surface area contributed by atoms with Gasteiger partial charge in [-0.2, -0.15) is 0 Å². The molecule has 1 fully saturated rings. The first-order chi connectivity index (χ1) is 9.55. The first kappa shape index (κ1) is 15.7. The number of benzene rings is 1. The van der Waals surface area contributed by atoms with Crippen molar-refractivity contribution >= 4 is 21.7 Å². The maximum absolute atomic E-state index is 12.3. The number of sulfonamides is 1. The van der Waals surface area contributed by atoms with Gasteiger partial charge in [-0.15, -0.1) is 0 Å². The Morgan fingerprint density at radius 1 is 1.43 bits per heavy atom. The quantitative estimate of drug-likeness (QED) is 0.595. The van der Waals surface area contributed by atoms with Gasteiger partial charge in [-0.3, -0.25) is 0 Å². The first-order valence-corrected chi connectivity index (χ1v) is 7.87. The van der Waals surface area contributed by atoms with Gasteiger partial charge in [-0.05, 0) is 24.6 Å². The highest BCUT2D eigenvalue weighted by Crippen LogP contribution is 2.41. The Morgan fingerprint density at radius 2 is 2.05 bits per heavy atom. The van der Waals surface area contributed by atoms with Crippen LogP contribution in [-0.2, 0) is 10.0 Å². The summed E-state index contributed by atoms with van der Waals surface area (Å²) in [6.45, 7) is 3.54. The molecule has 1 aromatic carbocycles. The van der Waals surface area contributed by atoms with E-state index in [-0.39, 0.29) is 16.1 Å². The molecular weight excluding hydrogens is 296 g/mol.